The summed E-state index contributed by atoms with van der Waals surface area (Å²) in [7, 11) is 5.29. The Morgan fingerprint density at radius 2 is 1.76 bits per heavy atom. The Labute approximate surface area is 268 Å². The summed E-state index contributed by atoms with van der Waals surface area (Å²) in [4.78, 5) is 58.9. The summed E-state index contributed by atoms with van der Waals surface area (Å²) in [6.45, 7) is 12.1. The Morgan fingerprint density at radius 3 is 2.36 bits per heavy atom. The van der Waals surface area contributed by atoms with Crippen molar-refractivity contribution in [2.24, 2.45) is 17.8 Å². The van der Waals surface area contributed by atoms with Crippen LogP contribution in [0, 0.1) is 17.8 Å². The van der Waals surface area contributed by atoms with Crippen LogP contribution in [0.5, 0.6) is 11.5 Å². The highest BCUT2D eigenvalue weighted by Crippen LogP contribution is 2.31. The number of hydrogen-bond donors (Lipinski definition) is 3. The van der Waals surface area contributed by atoms with E-state index in [0.29, 0.717) is 36.3 Å². The number of hydrogen-bond acceptors (Lipinski definition) is 7. The van der Waals surface area contributed by atoms with Gasteiger partial charge in [-0.15, -0.1) is 0 Å². The van der Waals surface area contributed by atoms with Crippen molar-refractivity contribution < 1.29 is 28.7 Å². The third kappa shape index (κ3) is 8.36. The molecule has 11 heteroatoms. The molecule has 2 aliphatic rings. The van der Waals surface area contributed by atoms with Crippen LogP contribution in [0.2, 0.25) is 0 Å². The van der Waals surface area contributed by atoms with Gasteiger partial charge in [0.2, 0.25) is 23.6 Å². The predicted octanol–water partition coefficient (Wildman–Crippen LogP) is 3.18. The summed E-state index contributed by atoms with van der Waals surface area (Å²) in [6.07, 6.45) is 5.07. The Balaban J connectivity index is 2.03. The highest BCUT2D eigenvalue weighted by atomic mass is 16.5. The number of amides is 4. The van der Waals surface area contributed by atoms with Gasteiger partial charge in [0.25, 0.3) is 0 Å². The van der Waals surface area contributed by atoms with E-state index >= 15 is 0 Å². The standard InChI is InChI=1S/C34H53N5O6/c1-10-20(4)27-31(40)35-17-15-23-19-24(13-14-25(23)44-9)45-26-16-18-39(30(26)33(42)36-27)34(43)28(21(5)11-2)37-32(41)29(38(7)8)22(6)12-3/h13-15,17,19-22,26-30H,10-12,16,18H2,1-9H3,(H,35,40)(H,36,42)(H,37,41)/b17-15+/t20?,21-,22-,26-,27-,28-,29-,30?/m0/s1. The van der Waals surface area contributed by atoms with Crippen molar-refractivity contribution in [3.8, 4) is 11.5 Å². The molecule has 0 radical (unpaired) electrons. The first-order valence-electron chi connectivity index (χ1n) is 16.3. The summed E-state index contributed by atoms with van der Waals surface area (Å²) in [5, 5.41) is 8.80. The second kappa shape index (κ2) is 16.1. The van der Waals surface area contributed by atoms with E-state index in [1.807, 2.05) is 60.5 Å². The molecule has 250 valence electrons. The molecule has 45 heavy (non-hydrogen) atoms. The number of fused-ring (bicyclic) bond motifs is 3. The third-order valence-electron chi connectivity index (χ3n) is 9.45. The lowest BCUT2D eigenvalue weighted by atomic mass is 9.94. The minimum Gasteiger partial charge on any atom is -0.496 e. The SMILES string of the molecule is CCC(C)[C@@H]1NC(=O)C2[C@H](CCN2C(=O)[C@@H](NC(=O)[C@H]([C@@H](C)CC)N(C)C)[C@@H](C)CC)Oc2ccc(OC)c(c2)/C=C/NC1=O. The molecule has 0 aromatic heterocycles. The molecule has 4 amide bonds. The average Bonchev–Trinajstić information content (AvgIpc) is 3.44. The van der Waals surface area contributed by atoms with Crippen molar-refractivity contribution in [1.29, 1.82) is 0 Å². The molecule has 8 atom stereocenters. The third-order valence-corrected chi connectivity index (χ3v) is 9.45. The number of nitrogens with zero attached hydrogens (tertiary/aromatic N) is 2. The van der Waals surface area contributed by atoms with Crippen LogP contribution in [0.25, 0.3) is 6.08 Å². The molecule has 11 nitrogen and oxygen atoms in total. The summed E-state index contributed by atoms with van der Waals surface area (Å²) in [6, 6.07) is 2.20. The van der Waals surface area contributed by atoms with Crippen LogP contribution in [-0.2, 0) is 19.2 Å². The fourth-order valence-corrected chi connectivity index (χ4v) is 6.11. The van der Waals surface area contributed by atoms with Crippen molar-refractivity contribution >= 4 is 29.7 Å². The van der Waals surface area contributed by atoms with Crippen LogP contribution in [-0.4, -0.2) is 91.4 Å². The first kappa shape index (κ1) is 35.9. The number of likely N-dealkylation sites (N-methyl/N-ethyl adjacent to an activating group) is 1. The topological polar surface area (TPSA) is 129 Å². The molecule has 2 heterocycles. The number of likely N-dealkylation sites (tertiary alicyclic amines) is 1. The fourth-order valence-electron chi connectivity index (χ4n) is 6.11. The first-order chi connectivity index (χ1) is 21.4. The molecule has 3 N–H and O–H groups in total. The predicted molar refractivity (Wildman–Crippen MR) is 174 cm³/mol. The molecule has 3 rings (SSSR count). The van der Waals surface area contributed by atoms with Gasteiger partial charge in [-0.05, 0) is 56.1 Å². The largest absolute Gasteiger partial charge is 0.496 e. The summed E-state index contributed by atoms with van der Waals surface area (Å²) in [5.41, 5.74) is 0.688. The molecule has 2 bridgehead atoms. The molecule has 2 unspecified atom stereocenters. The maximum atomic E-state index is 14.4. The van der Waals surface area contributed by atoms with Gasteiger partial charge in [0.05, 0.1) is 13.2 Å². The van der Waals surface area contributed by atoms with Crippen LogP contribution in [0.15, 0.2) is 24.4 Å². The van der Waals surface area contributed by atoms with Gasteiger partial charge in [0.15, 0.2) is 0 Å². The van der Waals surface area contributed by atoms with Crippen LogP contribution in [0.4, 0.5) is 0 Å². The number of methoxy groups -OCH3 is 1. The minimum atomic E-state index is -1.02. The van der Waals surface area contributed by atoms with Crippen LogP contribution in [0.3, 0.4) is 0 Å². The van der Waals surface area contributed by atoms with Gasteiger partial charge in [-0.3, -0.25) is 24.1 Å². The smallest absolute Gasteiger partial charge is 0.247 e. The maximum Gasteiger partial charge on any atom is 0.247 e. The minimum absolute atomic E-state index is 0.0749. The number of carbonyl (C=O) groups excluding carboxylic acids is 4. The normalized spacial score (nSPS) is 24.2. The molecular formula is C34H53N5O6. The molecule has 0 saturated carbocycles. The van der Waals surface area contributed by atoms with Crippen LogP contribution >= 0.6 is 0 Å². The number of ether oxygens (including phenoxy) is 2. The van der Waals surface area contributed by atoms with Crippen LogP contribution < -0.4 is 25.4 Å². The van der Waals surface area contributed by atoms with Gasteiger partial charge >= 0.3 is 0 Å². The van der Waals surface area contributed by atoms with Gasteiger partial charge in [-0.2, -0.15) is 0 Å². The van der Waals surface area contributed by atoms with Crippen molar-refractivity contribution in [3.05, 3.63) is 30.0 Å². The van der Waals surface area contributed by atoms with E-state index in [1.54, 1.807) is 31.4 Å². The Morgan fingerprint density at radius 1 is 1.07 bits per heavy atom. The lowest BCUT2D eigenvalue weighted by Gasteiger charge is -2.35. The van der Waals surface area contributed by atoms with Gasteiger partial charge in [-0.1, -0.05) is 60.8 Å². The van der Waals surface area contributed by atoms with Crippen molar-refractivity contribution in [2.45, 2.75) is 97.5 Å². The van der Waals surface area contributed by atoms with E-state index in [1.165, 1.54) is 11.1 Å². The maximum absolute atomic E-state index is 14.4. The monoisotopic (exact) mass is 627 g/mol. The quantitative estimate of drug-likeness (QED) is 0.344. The van der Waals surface area contributed by atoms with E-state index < -0.39 is 36.2 Å². The molecule has 2 aliphatic heterocycles. The Kier molecular flexibility index (Phi) is 12.8. The summed E-state index contributed by atoms with van der Waals surface area (Å²) in [5.74, 6) is -0.573. The van der Waals surface area contributed by atoms with Gasteiger partial charge < -0.3 is 30.3 Å². The number of benzene rings is 1. The van der Waals surface area contributed by atoms with E-state index in [2.05, 4.69) is 16.0 Å². The van der Waals surface area contributed by atoms with Crippen molar-refractivity contribution in [2.75, 3.05) is 27.7 Å². The summed E-state index contributed by atoms with van der Waals surface area (Å²) >= 11 is 0. The molecule has 0 spiro atoms. The van der Waals surface area contributed by atoms with Crippen molar-refractivity contribution in [3.63, 3.8) is 0 Å². The molecule has 1 aromatic carbocycles. The lowest BCUT2D eigenvalue weighted by molar-refractivity contribution is -0.145. The first-order valence-corrected chi connectivity index (χ1v) is 16.3. The van der Waals surface area contributed by atoms with E-state index in [9.17, 15) is 19.2 Å². The zero-order chi connectivity index (χ0) is 33.4. The second-order valence-corrected chi connectivity index (χ2v) is 12.7. The Bertz CT molecular complexity index is 1240. The zero-order valence-electron chi connectivity index (χ0n) is 28.4. The number of nitrogens with one attached hydrogen (secondary N) is 3. The average molecular weight is 628 g/mol. The molecule has 1 aromatic rings. The lowest BCUT2D eigenvalue weighted by Crippen LogP contribution is -2.61. The molecular weight excluding hydrogens is 574 g/mol. The van der Waals surface area contributed by atoms with E-state index in [-0.39, 0.29) is 42.0 Å². The van der Waals surface area contributed by atoms with E-state index in [0.717, 1.165) is 6.42 Å². The van der Waals surface area contributed by atoms with Gasteiger partial charge in [0, 0.05) is 24.7 Å². The molecule has 1 fully saturated rings. The summed E-state index contributed by atoms with van der Waals surface area (Å²) < 4.78 is 11.9. The molecule has 1 saturated heterocycles. The number of carbonyl (C=O) groups is 4. The Hall–Kier alpha value is -3.60. The van der Waals surface area contributed by atoms with Gasteiger partial charge in [0.1, 0.15) is 35.7 Å². The van der Waals surface area contributed by atoms with Crippen LogP contribution in [0.1, 0.15) is 72.8 Å². The highest BCUT2D eigenvalue weighted by Gasteiger charge is 2.47. The zero-order valence-corrected chi connectivity index (χ0v) is 28.4. The molecule has 0 aliphatic carbocycles. The number of rotatable bonds is 11. The second-order valence-electron chi connectivity index (χ2n) is 12.7. The highest BCUT2D eigenvalue weighted by molar-refractivity contribution is 5.96. The fraction of sp³-hybridized carbons (Fsp3) is 0.647. The van der Waals surface area contributed by atoms with Crippen molar-refractivity contribution in [1.82, 2.24) is 25.8 Å². The van der Waals surface area contributed by atoms with Gasteiger partial charge in [-0.25, -0.2) is 0 Å². The van der Waals surface area contributed by atoms with E-state index in [4.69, 9.17) is 9.47 Å².